The van der Waals surface area contributed by atoms with Gasteiger partial charge in [0.25, 0.3) is 0 Å². The van der Waals surface area contributed by atoms with Crippen LogP contribution in [-0.2, 0) is 34.2 Å². The summed E-state index contributed by atoms with van der Waals surface area (Å²) < 4.78 is 28.3. The summed E-state index contributed by atoms with van der Waals surface area (Å²) in [6.45, 7) is 6.62. The number of sulfonamides is 1. The van der Waals surface area contributed by atoms with Gasteiger partial charge in [0.1, 0.15) is 6.04 Å². The summed E-state index contributed by atoms with van der Waals surface area (Å²) in [5.74, 6) is -0.172. The summed E-state index contributed by atoms with van der Waals surface area (Å²) in [4.78, 5) is 12.9. The molecular formula is C22H31N5O3S. The van der Waals surface area contributed by atoms with E-state index in [1.807, 2.05) is 18.2 Å². The summed E-state index contributed by atoms with van der Waals surface area (Å²) in [6.07, 6.45) is 6.50. The molecule has 2 fully saturated rings. The lowest BCUT2D eigenvalue weighted by atomic mass is 10.0. The summed E-state index contributed by atoms with van der Waals surface area (Å²) in [7, 11) is -3.30. The second-order valence-corrected chi connectivity index (χ2v) is 11.0. The van der Waals surface area contributed by atoms with Crippen molar-refractivity contribution in [2.75, 3.05) is 11.9 Å². The van der Waals surface area contributed by atoms with E-state index < -0.39 is 20.8 Å². The Morgan fingerprint density at radius 2 is 1.87 bits per heavy atom. The van der Waals surface area contributed by atoms with Crippen LogP contribution in [-0.4, -0.2) is 44.9 Å². The van der Waals surface area contributed by atoms with Crippen LogP contribution in [0.4, 0.5) is 5.69 Å². The average Bonchev–Trinajstić information content (AvgIpc) is 3.41. The van der Waals surface area contributed by atoms with Gasteiger partial charge in [0.2, 0.25) is 15.9 Å². The maximum absolute atomic E-state index is 12.9. The third-order valence-electron chi connectivity index (χ3n) is 6.65. The Bertz CT molecular complexity index is 1050. The molecule has 168 valence electrons. The van der Waals surface area contributed by atoms with E-state index in [1.165, 1.54) is 8.99 Å². The van der Waals surface area contributed by atoms with Gasteiger partial charge in [-0.15, -0.1) is 5.10 Å². The van der Waals surface area contributed by atoms with Gasteiger partial charge in [0, 0.05) is 12.2 Å². The zero-order chi connectivity index (χ0) is 22.2. The van der Waals surface area contributed by atoms with Crippen molar-refractivity contribution in [1.29, 1.82) is 0 Å². The fourth-order valence-electron chi connectivity index (χ4n) is 4.42. The number of hydrogen-bond acceptors (Lipinski definition) is 5. The van der Waals surface area contributed by atoms with E-state index in [4.69, 9.17) is 0 Å². The number of nitrogens with one attached hydrogen (secondary N) is 1. The van der Waals surface area contributed by atoms with Crippen LogP contribution in [0.1, 0.15) is 69.3 Å². The number of benzene rings is 1. The fourth-order valence-corrected chi connectivity index (χ4v) is 6.66. The third-order valence-corrected chi connectivity index (χ3v) is 9.35. The maximum Gasteiger partial charge on any atom is 0.249 e. The van der Waals surface area contributed by atoms with Crippen molar-refractivity contribution in [1.82, 2.24) is 19.3 Å². The van der Waals surface area contributed by atoms with Crippen LogP contribution in [0, 0.1) is 0 Å². The van der Waals surface area contributed by atoms with Crippen molar-refractivity contribution in [3.63, 3.8) is 0 Å². The zero-order valence-electron chi connectivity index (χ0n) is 18.5. The smallest absolute Gasteiger partial charge is 0.249 e. The lowest BCUT2D eigenvalue weighted by molar-refractivity contribution is -0.119. The lowest BCUT2D eigenvalue weighted by Crippen LogP contribution is -2.44. The van der Waals surface area contributed by atoms with Crippen LogP contribution < -0.4 is 5.32 Å². The van der Waals surface area contributed by atoms with Crippen LogP contribution in [0.3, 0.4) is 0 Å². The van der Waals surface area contributed by atoms with Gasteiger partial charge in [-0.25, -0.2) is 13.1 Å². The second kappa shape index (κ2) is 8.35. The number of carbonyl (C=O) groups excluding carboxylic acids is 1. The fraction of sp³-hybridized carbons (Fsp3) is 0.591. The Morgan fingerprint density at radius 3 is 2.48 bits per heavy atom. The molecule has 1 saturated heterocycles. The van der Waals surface area contributed by atoms with Crippen LogP contribution in [0.25, 0.3) is 0 Å². The second-order valence-electron chi connectivity index (χ2n) is 8.64. The van der Waals surface area contributed by atoms with Crippen molar-refractivity contribution in [3.05, 3.63) is 41.2 Å². The molecule has 9 heteroatoms. The van der Waals surface area contributed by atoms with Crippen molar-refractivity contribution >= 4 is 21.6 Å². The van der Waals surface area contributed by atoms with Crippen molar-refractivity contribution in [2.45, 2.75) is 76.6 Å². The van der Waals surface area contributed by atoms with E-state index >= 15 is 0 Å². The predicted octanol–water partition coefficient (Wildman–Crippen LogP) is 3.06. The molecule has 1 aromatic carbocycles. The highest BCUT2D eigenvalue weighted by molar-refractivity contribution is 7.90. The highest BCUT2D eigenvalue weighted by Crippen LogP contribution is 2.51. The molecule has 8 nitrogen and oxygen atoms in total. The van der Waals surface area contributed by atoms with Crippen LogP contribution >= 0.6 is 0 Å². The molecule has 2 aliphatic rings. The number of nitrogens with zero attached hydrogens (tertiary/aromatic N) is 4. The Morgan fingerprint density at radius 1 is 1.19 bits per heavy atom. The van der Waals surface area contributed by atoms with Crippen LogP contribution in [0.2, 0.25) is 0 Å². The minimum Gasteiger partial charge on any atom is -0.324 e. The van der Waals surface area contributed by atoms with E-state index in [-0.39, 0.29) is 12.5 Å². The first-order chi connectivity index (χ1) is 14.8. The molecule has 1 atom stereocenters. The maximum atomic E-state index is 12.9. The third kappa shape index (κ3) is 4.01. The van der Waals surface area contributed by atoms with E-state index in [1.54, 1.807) is 13.1 Å². The summed E-state index contributed by atoms with van der Waals surface area (Å²) >= 11 is 0. The Labute approximate surface area is 184 Å². The molecule has 31 heavy (non-hydrogen) atoms. The van der Waals surface area contributed by atoms with Crippen LogP contribution in [0.15, 0.2) is 24.4 Å². The highest BCUT2D eigenvalue weighted by Gasteiger charge is 2.58. The van der Waals surface area contributed by atoms with Gasteiger partial charge in [-0.05, 0) is 56.6 Å². The molecule has 1 saturated carbocycles. The van der Waals surface area contributed by atoms with E-state index in [0.29, 0.717) is 12.2 Å². The van der Waals surface area contributed by atoms with E-state index in [0.717, 1.165) is 55.3 Å². The molecule has 0 radical (unpaired) electrons. The van der Waals surface area contributed by atoms with Crippen molar-refractivity contribution in [2.24, 2.45) is 0 Å². The first-order valence-electron chi connectivity index (χ1n) is 11.1. The molecule has 1 spiro atoms. The number of amides is 1. The number of aryl methyl sites for hydroxylation is 2. The molecule has 1 unspecified atom stereocenters. The SMILES string of the molecule is CCc1cccc(CC)c1NC(=O)C(C)n1cc(CN2CCCC3(CC3)S2(=O)=O)nn1. The highest BCUT2D eigenvalue weighted by atomic mass is 32.2. The van der Waals surface area contributed by atoms with Gasteiger partial charge in [0.15, 0.2) is 0 Å². The van der Waals surface area contributed by atoms with E-state index in [2.05, 4.69) is 29.5 Å². The molecule has 1 aliphatic carbocycles. The number of aromatic nitrogens is 3. The monoisotopic (exact) mass is 445 g/mol. The molecule has 0 bridgehead atoms. The predicted molar refractivity (Wildman–Crippen MR) is 119 cm³/mol. The number of hydrogen-bond donors (Lipinski definition) is 1. The van der Waals surface area contributed by atoms with Gasteiger partial charge in [-0.2, -0.15) is 4.31 Å². The van der Waals surface area contributed by atoms with Gasteiger partial charge in [0.05, 0.1) is 23.2 Å². The van der Waals surface area contributed by atoms with Crippen molar-refractivity contribution in [3.8, 4) is 0 Å². The van der Waals surface area contributed by atoms with Gasteiger partial charge < -0.3 is 5.32 Å². The van der Waals surface area contributed by atoms with Gasteiger partial charge in [-0.1, -0.05) is 37.3 Å². The van der Waals surface area contributed by atoms with Gasteiger partial charge >= 0.3 is 0 Å². The number of para-hydroxylation sites is 1. The molecule has 1 N–H and O–H groups in total. The molecule has 2 heterocycles. The Kier molecular flexibility index (Phi) is 5.91. The van der Waals surface area contributed by atoms with Crippen molar-refractivity contribution < 1.29 is 13.2 Å². The van der Waals surface area contributed by atoms with Gasteiger partial charge in [-0.3, -0.25) is 4.79 Å². The summed E-state index contributed by atoms with van der Waals surface area (Å²) in [5, 5.41) is 11.3. The molecular weight excluding hydrogens is 414 g/mol. The summed E-state index contributed by atoms with van der Waals surface area (Å²) in [6, 6.07) is 5.50. The number of rotatable bonds is 7. The summed E-state index contributed by atoms with van der Waals surface area (Å²) in [5.41, 5.74) is 3.63. The normalized spacial score (nSPS) is 20.5. The lowest BCUT2D eigenvalue weighted by Gasteiger charge is -2.31. The minimum absolute atomic E-state index is 0.172. The zero-order valence-corrected chi connectivity index (χ0v) is 19.3. The molecule has 4 rings (SSSR count). The largest absolute Gasteiger partial charge is 0.324 e. The number of anilines is 1. The molecule has 1 aliphatic heterocycles. The first kappa shape index (κ1) is 22.0. The standard InChI is InChI=1S/C22H31N5O3S/c1-4-17-8-6-9-18(5-2)20(17)23-21(28)16(3)27-15-19(24-25-27)14-26-13-7-10-22(11-12-22)31(26,29)30/h6,8-9,15-16H,4-5,7,10-14H2,1-3H3,(H,23,28). The molecule has 2 aromatic rings. The molecule has 1 aromatic heterocycles. The topological polar surface area (TPSA) is 97.2 Å². The molecule has 1 amide bonds. The quantitative estimate of drug-likeness (QED) is 0.706. The Balaban J connectivity index is 1.46. The average molecular weight is 446 g/mol. The number of carbonyl (C=O) groups is 1. The first-order valence-corrected chi connectivity index (χ1v) is 12.6. The van der Waals surface area contributed by atoms with Crippen LogP contribution in [0.5, 0.6) is 0 Å². The van der Waals surface area contributed by atoms with E-state index in [9.17, 15) is 13.2 Å². The Hall–Kier alpha value is -2.26. The minimum atomic E-state index is -3.30.